The molecular weight excluding hydrogens is 522 g/mol. The van der Waals surface area contributed by atoms with Crippen molar-refractivity contribution in [1.82, 2.24) is 5.32 Å². The SMILES string of the molecule is CC(C)CCC[C@@H](C)[C@H]1CCC2[C@@H]3CC=C4C[C@@H](OC(=O)N[C@H](Cc5ccccc5)C(=O)O)CC[C@]4(C)C3CC[C@@]21C. The summed E-state index contributed by atoms with van der Waals surface area (Å²) in [5, 5.41) is 12.3. The summed E-state index contributed by atoms with van der Waals surface area (Å²) in [5.41, 5.74) is 3.03. The molecule has 3 fully saturated rings. The molecule has 2 N–H and O–H groups in total. The molecule has 0 saturated heterocycles. The molecule has 0 spiro atoms. The molecule has 4 aliphatic carbocycles. The number of amides is 1. The van der Waals surface area contributed by atoms with Crippen LogP contribution in [0.1, 0.15) is 111 Å². The van der Waals surface area contributed by atoms with Gasteiger partial charge in [-0.05, 0) is 96.8 Å². The van der Waals surface area contributed by atoms with Crippen LogP contribution in [0.15, 0.2) is 42.0 Å². The zero-order chi connectivity index (χ0) is 30.1. The molecule has 4 aliphatic rings. The molecule has 1 aromatic rings. The Morgan fingerprint density at radius 2 is 1.76 bits per heavy atom. The van der Waals surface area contributed by atoms with Crippen LogP contribution >= 0.6 is 0 Å². The minimum Gasteiger partial charge on any atom is -0.480 e. The zero-order valence-corrected chi connectivity index (χ0v) is 26.7. The molecule has 2 unspecified atom stereocenters. The summed E-state index contributed by atoms with van der Waals surface area (Å²) in [6.45, 7) is 12.4. The predicted octanol–water partition coefficient (Wildman–Crippen LogP) is 8.82. The topological polar surface area (TPSA) is 75.6 Å². The van der Waals surface area contributed by atoms with Crippen LogP contribution in [-0.2, 0) is 16.0 Å². The van der Waals surface area contributed by atoms with Gasteiger partial charge in [0.1, 0.15) is 12.1 Å². The summed E-state index contributed by atoms with van der Waals surface area (Å²) in [4.78, 5) is 24.7. The van der Waals surface area contributed by atoms with Gasteiger partial charge in [-0.2, -0.15) is 0 Å². The predicted molar refractivity (Wildman–Crippen MR) is 168 cm³/mol. The average Bonchev–Trinajstić information content (AvgIpc) is 3.30. The van der Waals surface area contributed by atoms with Gasteiger partial charge in [-0.25, -0.2) is 9.59 Å². The Kier molecular flexibility index (Phi) is 9.45. The molecule has 9 atom stereocenters. The molecule has 5 rings (SSSR count). The van der Waals surface area contributed by atoms with Crippen molar-refractivity contribution in [1.29, 1.82) is 0 Å². The van der Waals surface area contributed by atoms with Crippen LogP contribution in [-0.4, -0.2) is 29.3 Å². The van der Waals surface area contributed by atoms with Gasteiger partial charge in [0.15, 0.2) is 0 Å². The molecule has 0 aliphatic heterocycles. The second-order valence-electron chi connectivity index (χ2n) is 15.3. The minimum atomic E-state index is -1.04. The van der Waals surface area contributed by atoms with Crippen molar-refractivity contribution in [2.75, 3.05) is 0 Å². The van der Waals surface area contributed by atoms with Crippen molar-refractivity contribution < 1.29 is 19.4 Å². The number of allylic oxidation sites excluding steroid dienone is 1. The van der Waals surface area contributed by atoms with Gasteiger partial charge in [0.2, 0.25) is 0 Å². The molecule has 3 saturated carbocycles. The van der Waals surface area contributed by atoms with Crippen LogP contribution in [0, 0.1) is 46.3 Å². The van der Waals surface area contributed by atoms with E-state index in [2.05, 4.69) is 46.0 Å². The van der Waals surface area contributed by atoms with Crippen LogP contribution < -0.4 is 5.32 Å². The Morgan fingerprint density at radius 1 is 1.00 bits per heavy atom. The Hall–Kier alpha value is -2.30. The highest BCUT2D eigenvalue weighted by atomic mass is 16.6. The molecule has 0 bridgehead atoms. The third-order valence-corrected chi connectivity index (χ3v) is 12.4. The average molecular weight is 578 g/mol. The van der Waals surface area contributed by atoms with Gasteiger partial charge in [0.25, 0.3) is 0 Å². The van der Waals surface area contributed by atoms with Gasteiger partial charge >= 0.3 is 12.1 Å². The van der Waals surface area contributed by atoms with Crippen molar-refractivity contribution in [3.05, 3.63) is 47.5 Å². The Balaban J connectivity index is 1.19. The number of carbonyl (C=O) groups excluding carboxylic acids is 1. The summed E-state index contributed by atoms with van der Waals surface area (Å²) in [7, 11) is 0. The quantitative estimate of drug-likeness (QED) is 0.272. The summed E-state index contributed by atoms with van der Waals surface area (Å²) in [6.07, 6.45) is 15.4. The van der Waals surface area contributed by atoms with Crippen molar-refractivity contribution in [3.8, 4) is 0 Å². The zero-order valence-electron chi connectivity index (χ0n) is 26.7. The standard InChI is InChI=1S/C37H55NO4/c1-24(2)10-9-11-25(3)30-16-17-31-29-15-14-27-23-28(18-20-36(27,4)32(29)19-21-37(30,31)5)42-35(41)38-33(34(39)40)22-26-12-7-6-8-13-26/h6-8,12-14,24-25,28-33H,9-11,15-23H2,1-5H3,(H,38,41)(H,39,40)/t25-,28+,29+,30-,31?,32?,33-,36+,37-/m1/s1. The normalized spacial score (nSPS) is 35.3. The smallest absolute Gasteiger partial charge is 0.408 e. The fourth-order valence-corrected chi connectivity index (χ4v) is 10.1. The number of hydrogen-bond donors (Lipinski definition) is 2. The van der Waals surface area contributed by atoms with E-state index < -0.39 is 18.1 Å². The van der Waals surface area contributed by atoms with E-state index in [4.69, 9.17) is 4.74 Å². The van der Waals surface area contributed by atoms with Crippen molar-refractivity contribution in [3.63, 3.8) is 0 Å². The Morgan fingerprint density at radius 3 is 2.48 bits per heavy atom. The van der Waals surface area contributed by atoms with Crippen LogP contribution in [0.2, 0.25) is 0 Å². The second kappa shape index (κ2) is 12.7. The van der Waals surface area contributed by atoms with E-state index in [1.807, 2.05) is 30.3 Å². The van der Waals surface area contributed by atoms with Gasteiger partial charge in [-0.15, -0.1) is 0 Å². The molecule has 1 aromatic carbocycles. The number of nitrogens with one attached hydrogen (secondary N) is 1. The lowest BCUT2D eigenvalue weighted by Gasteiger charge is -2.58. The first-order chi connectivity index (χ1) is 20.0. The first-order valence-electron chi connectivity index (χ1n) is 16.9. The number of carboxylic acids is 1. The molecular formula is C37H55NO4. The molecule has 0 heterocycles. The maximum atomic E-state index is 12.8. The van der Waals surface area contributed by atoms with Crippen LogP contribution in [0.3, 0.4) is 0 Å². The Labute approximate surface area is 254 Å². The monoisotopic (exact) mass is 577 g/mol. The highest BCUT2D eigenvalue weighted by molar-refractivity contribution is 5.80. The maximum Gasteiger partial charge on any atom is 0.408 e. The molecule has 0 aromatic heterocycles. The number of rotatable bonds is 10. The molecule has 42 heavy (non-hydrogen) atoms. The number of benzene rings is 1. The molecule has 232 valence electrons. The van der Waals surface area contributed by atoms with E-state index in [1.165, 1.54) is 56.9 Å². The fraction of sp³-hybridized carbons (Fsp3) is 0.730. The third-order valence-electron chi connectivity index (χ3n) is 12.4. The minimum absolute atomic E-state index is 0.191. The lowest BCUT2D eigenvalue weighted by Crippen LogP contribution is -2.51. The van der Waals surface area contributed by atoms with Crippen LogP contribution in [0.4, 0.5) is 4.79 Å². The van der Waals surface area contributed by atoms with Gasteiger partial charge in [0.05, 0.1) is 0 Å². The van der Waals surface area contributed by atoms with E-state index in [9.17, 15) is 14.7 Å². The van der Waals surface area contributed by atoms with Crippen molar-refractivity contribution >= 4 is 12.1 Å². The molecule has 5 nitrogen and oxygen atoms in total. The number of aliphatic carboxylic acids is 1. The number of alkyl carbamates (subject to hydrolysis) is 1. The van der Waals surface area contributed by atoms with E-state index >= 15 is 0 Å². The van der Waals surface area contributed by atoms with E-state index in [1.54, 1.807) is 0 Å². The fourth-order valence-electron chi connectivity index (χ4n) is 10.1. The van der Waals surface area contributed by atoms with Crippen molar-refractivity contribution in [2.24, 2.45) is 46.3 Å². The number of hydrogen-bond acceptors (Lipinski definition) is 3. The van der Waals surface area contributed by atoms with Crippen LogP contribution in [0.25, 0.3) is 0 Å². The highest BCUT2D eigenvalue weighted by Crippen LogP contribution is 2.67. The number of fused-ring (bicyclic) bond motifs is 5. The van der Waals surface area contributed by atoms with Gasteiger partial charge < -0.3 is 15.2 Å². The first kappa shape index (κ1) is 31.1. The summed E-state index contributed by atoms with van der Waals surface area (Å²) in [5.74, 6) is 3.79. The lowest BCUT2D eigenvalue weighted by molar-refractivity contribution is -0.139. The van der Waals surface area contributed by atoms with Crippen molar-refractivity contribution in [2.45, 2.75) is 124 Å². The number of carboxylic acid groups (broad SMARTS) is 1. The van der Waals surface area contributed by atoms with Gasteiger partial charge in [0, 0.05) is 12.8 Å². The molecule has 0 radical (unpaired) electrons. The van der Waals surface area contributed by atoms with E-state index in [0.29, 0.717) is 5.41 Å². The van der Waals surface area contributed by atoms with E-state index in [0.717, 1.165) is 60.3 Å². The second-order valence-corrected chi connectivity index (χ2v) is 15.3. The largest absolute Gasteiger partial charge is 0.480 e. The molecule has 1 amide bonds. The summed E-state index contributed by atoms with van der Waals surface area (Å²) < 4.78 is 5.86. The first-order valence-corrected chi connectivity index (χ1v) is 16.9. The Bertz CT molecular complexity index is 1130. The molecule has 5 heteroatoms. The summed E-state index contributed by atoms with van der Waals surface area (Å²) >= 11 is 0. The van der Waals surface area contributed by atoms with Gasteiger partial charge in [-0.1, -0.05) is 95.9 Å². The maximum absolute atomic E-state index is 12.8. The number of carbonyl (C=O) groups is 2. The van der Waals surface area contributed by atoms with Gasteiger partial charge in [-0.3, -0.25) is 0 Å². The summed E-state index contributed by atoms with van der Waals surface area (Å²) in [6, 6.07) is 8.40. The van der Waals surface area contributed by atoms with Crippen LogP contribution in [0.5, 0.6) is 0 Å². The lowest BCUT2D eigenvalue weighted by atomic mass is 9.47. The number of ether oxygens (including phenoxy) is 1. The highest BCUT2D eigenvalue weighted by Gasteiger charge is 2.59. The third kappa shape index (κ3) is 6.31. The van der Waals surface area contributed by atoms with E-state index in [-0.39, 0.29) is 17.9 Å².